The van der Waals surface area contributed by atoms with Crippen molar-refractivity contribution >= 4 is 11.9 Å². The summed E-state index contributed by atoms with van der Waals surface area (Å²) in [7, 11) is 0. The minimum absolute atomic E-state index is 0.269. The van der Waals surface area contributed by atoms with E-state index in [1.165, 1.54) is 0 Å². The Kier molecular flexibility index (Phi) is 5.72. The molecule has 0 heterocycles. The minimum atomic E-state index is -1.10. The van der Waals surface area contributed by atoms with Crippen LogP contribution in [0, 0.1) is 0 Å². The summed E-state index contributed by atoms with van der Waals surface area (Å²) in [5, 5.41) is 10.7. The van der Waals surface area contributed by atoms with E-state index in [9.17, 15) is 9.59 Å². The number of carboxylic acid groups (broad SMARTS) is 1. The molecule has 0 aliphatic carbocycles. The first-order valence-electron chi connectivity index (χ1n) is 6.70. The quantitative estimate of drug-likeness (QED) is 0.724. The molecular weight excluding hydrogens is 272 g/mol. The lowest BCUT2D eigenvalue weighted by Crippen LogP contribution is -2.43. The number of nitrogens with two attached hydrogens (primary N) is 1. The second-order valence-corrected chi connectivity index (χ2v) is 5.78. The van der Waals surface area contributed by atoms with E-state index in [0.29, 0.717) is 6.42 Å². The zero-order valence-electron chi connectivity index (χ0n) is 12.6. The van der Waals surface area contributed by atoms with E-state index in [1.54, 1.807) is 0 Å². The molecule has 6 nitrogen and oxygen atoms in total. The van der Waals surface area contributed by atoms with E-state index in [4.69, 9.17) is 15.6 Å². The molecule has 0 aromatic heterocycles. The molecule has 1 atom stereocenters. The predicted octanol–water partition coefficient (Wildman–Crippen LogP) is 0.934. The Balaban J connectivity index is 2.55. The van der Waals surface area contributed by atoms with Crippen LogP contribution in [0.3, 0.4) is 0 Å². The van der Waals surface area contributed by atoms with Crippen molar-refractivity contribution in [3.05, 3.63) is 29.8 Å². The number of amides is 1. The molecule has 0 radical (unpaired) electrons. The number of carboxylic acids is 1. The van der Waals surface area contributed by atoms with Crippen LogP contribution < -0.4 is 15.8 Å². The molecule has 116 valence electrons. The van der Waals surface area contributed by atoms with Crippen LogP contribution in [0.15, 0.2) is 24.3 Å². The summed E-state index contributed by atoms with van der Waals surface area (Å²) >= 11 is 0. The van der Waals surface area contributed by atoms with E-state index >= 15 is 0 Å². The lowest BCUT2D eigenvalue weighted by atomic mass is 10.1. The van der Waals surface area contributed by atoms with Crippen LogP contribution in [0.1, 0.15) is 26.3 Å². The largest absolute Gasteiger partial charge is 0.488 e. The van der Waals surface area contributed by atoms with Gasteiger partial charge in [-0.15, -0.1) is 0 Å². The van der Waals surface area contributed by atoms with Crippen molar-refractivity contribution in [1.29, 1.82) is 0 Å². The van der Waals surface area contributed by atoms with Crippen molar-refractivity contribution in [3.63, 3.8) is 0 Å². The van der Waals surface area contributed by atoms with Crippen LogP contribution in [0.4, 0.5) is 0 Å². The Labute approximate surface area is 124 Å². The molecular formula is C15H22N2O4. The molecule has 0 spiro atoms. The van der Waals surface area contributed by atoms with Gasteiger partial charge >= 0.3 is 5.97 Å². The van der Waals surface area contributed by atoms with Crippen LogP contribution in [0.2, 0.25) is 0 Å². The topological polar surface area (TPSA) is 102 Å². The average molecular weight is 294 g/mol. The Hall–Kier alpha value is -2.08. The summed E-state index contributed by atoms with van der Waals surface area (Å²) in [6, 6.07) is 6.54. The fraction of sp³-hybridized carbons (Fsp3) is 0.467. The second-order valence-electron chi connectivity index (χ2n) is 5.78. The highest BCUT2D eigenvalue weighted by molar-refractivity contribution is 5.85. The van der Waals surface area contributed by atoms with Gasteiger partial charge in [0.25, 0.3) is 0 Å². The zero-order valence-corrected chi connectivity index (χ0v) is 12.6. The number of nitrogens with one attached hydrogen (secondary N) is 1. The van der Waals surface area contributed by atoms with Gasteiger partial charge in [-0.05, 0) is 44.9 Å². The van der Waals surface area contributed by atoms with E-state index in [-0.39, 0.29) is 5.60 Å². The van der Waals surface area contributed by atoms with E-state index in [0.717, 1.165) is 11.3 Å². The van der Waals surface area contributed by atoms with Gasteiger partial charge in [-0.3, -0.25) is 9.59 Å². The number of hydrogen-bond donors (Lipinski definition) is 3. The van der Waals surface area contributed by atoms with Crippen LogP contribution in [-0.4, -0.2) is 35.2 Å². The van der Waals surface area contributed by atoms with Crippen molar-refractivity contribution < 1.29 is 19.4 Å². The Bertz CT molecular complexity index is 491. The van der Waals surface area contributed by atoms with Gasteiger partial charge in [-0.25, -0.2) is 0 Å². The monoisotopic (exact) mass is 294 g/mol. The molecule has 1 rings (SSSR count). The fourth-order valence-corrected chi connectivity index (χ4v) is 1.69. The number of aliphatic carboxylic acids is 1. The number of carbonyl (C=O) groups is 2. The normalized spacial score (nSPS) is 12.6. The van der Waals surface area contributed by atoms with Crippen LogP contribution in [0.25, 0.3) is 0 Å². The molecule has 6 heteroatoms. The van der Waals surface area contributed by atoms with E-state index in [1.807, 2.05) is 45.0 Å². The van der Waals surface area contributed by atoms with Crippen molar-refractivity contribution in [2.24, 2.45) is 5.73 Å². The van der Waals surface area contributed by atoms with E-state index in [2.05, 4.69) is 5.32 Å². The van der Waals surface area contributed by atoms with Gasteiger partial charge in [0.05, 0.1) is 6.04 Å². The highest BCUT2D eigenvalue weighted by atomic mass is 16.5. The first-order chi connectivity index (χ1) is 9.67. The fourth-order valence-electron chi connectivity index (χ4n) is 1.69. The lowest BCUT2D eigenvalue weighted by Gasteiger charge is -2.21. The summed E-state index contributed by atoms with van der Waals surface area (Å²) in [6.45, 7) is 5.46. The van der Waals surface area contributed by atoms with Gasteiger partial charge in [0, 0.05) is 0 Å². The molecule has 1 aromatic rings. The van der Waals surface area contributed by atoms with Crippen molar-refractivity contribution in [2.45, 2.75) is 38.8 Å². The maximum absolute atomic E-state index is 11.6. The van der Waals surface area contributed by atoms with Gasteiger partial charge in [0.15, 0.2) is 0 Å². The van der Waals surface area contributed by atoms with Gasteiger partial charge < -0.3 is 20.9 Å². The Morgan fingerprint density at radius 1 is 1.29 bits per heavy atom. The number of ether oxygens (including phenoxy) is 1. The average Bonchev–Trinajstić information content (AvgIpc) is 2.36. The summed E-state index contributed by atoms with van der Waals surface area (Å²) in [4.78, 5) is 21.9. The maximum Gasteiger partial charge on any atom is 0.322 e. The van der Waals surface area contributed by atoms with Crippen molar-refractivity contribution in [3.8, 4) is 5.75 Å². The second kappa shape index (κ2) is 7.08. The van der Waals surface area contributed by atoms with Crippen LogP contribution >= 0.6 is 0 Å². The summed E-state index contributed by atoms with van der Waals surface area (Å²) in [5.74, 6) is -0.832. The maximum atomic E-state index is 11.6. The third kappa shape index (κ3) is 6.76. The number of rotatable bonds is 6. The molecule has 0 bridgehead atoms. The number of carbonyl (C=O) groups excluding carboxylic acids is 1. The molecule has 0 saturated carbocycles. The smallest absolute Gasteiger partial charge is 0.322 e. The predicted molar refractivity (Wildman–Crippen MR) is 79.1 cm³/mol. The molecule has 0 fully saturated rings. The molecule has 0 saturated heterocycles. The third-order valence-electron chi connectivity index (χ3n) is 2.55. The lowest BCUT2D eigenvalue weighted by molar-refractivity contribution is -0.138. The first-order valence-corrected chi connectivity index (χ1v) is 6.70. The molecule has 1 aromatic carbocycles. The third-order valence-corrected chi connectivity index (χ3v) is 2.55. The molecule has 0 aliphatic heterocycles. The number of benzene rings is 1. The molecule has 0 aliphatic rings. The Morgan fingerprint density at radius 2 is 1.86 bits per heavy atom. The minimum Gasteiger partial charge on any atom is -0.488 e. The highest BCUT2D eigenvalue weighted by Gasteiger charge is 2.15. The molecule has 1 amide bonds. The van der Waals surface area contributed by atoms with Crippen LogP contribution in [0.5, 0.6) is 5.75 Å². The van der Waals surface area contributed by atoms with Crippen molar-refractivity contribution in [1.82, 2.24) is 5.32 Å². The summed E-state index contributed by atoms with van der Waals surface area (Å²) < 4.78 is 5.70. The molecule has 4 N–H and O–H groups in total. The van der Waals surface area contributed by atoms with Gasteiger partial charge in [0.2, 0.25) is 5.91 Å². The summed E-state index contributed by atoms with van der Waals surface area (Å²) in [5.41, 5.74) is 6.35. The summed E-state index contributed by atoms with van der Waals surface area (Å²) in [6.07, 6.45) is 0.335. The van der Waals surface area contributed by atoms with Gasteiger partial charge in [0.1, 0.15) is 17.9 Å². The zero-order chi connectivity index (χ0) is 16.0. The van der Waals surface area contributed by atoms with E-state index < -0.39 is 24.5 Å². The highest BCUT2D eigenvalue weighted by Crippen LogP contribution is 2.18. The van der Waals surface area contributed by atoms with Crippen LogP contribution in [-0.2, 0) is 16.0 Å². The standard InChI is InChI=1S/C15H22N2O4/c1-15(2,3)21-11-6-4-10(5-7-11)8-12(16)14(20)17-9-13(18)19/h4-7,12H,8-9,16H2,1-3H3,(H,17,20)(H,18,19)/t12-/m0/s1. The SMILES string of the molecule is CC(C)(C)Oc1ccc(C[C@H](N)C(=O)NCC(=O)O)cc1. The van der Waals surface area contributed by atoms with Gasteiger partial charge in [-0.1, -0.05) is 12.1 Å². The molecule has 0 unspecified atom stereocenters. The molecule has 21 heavy (non-hydrogen) atoms. The number of hydrogen-bond acceptors (Lipinski definition) is 4. The first kappa shape index (κ1) is 17.0. The van der Waals surface area contributed by atoms with Crippen molar-refractivity contribution in [2.75, 3.05) is 6.54 Å². The van der Waals surface area contributed by atoms with Gasteiger partial charge in [-0.2, -0.15) is 0 Å². The Morgan fingerprint density at radius 3 is 2.33 bits per heavy atom.